The van der Waals surface area contributed by atoms with Crippen molar-refractivity contribution in [3.63, 3.8) is 0 Å². The summed E-state index contributed by atoms with van der Waals surface area (Å²) in [7, 11) is 0. The highest BCUT2D eigenvalue weighted by atomic mass is 16.2. The Balaban J connectivity index is 1.74. The van der Waals surface area contributed by atoms with Gasteiger partial charge < -0.3 is 10.6 Å². The van der Waals surface area contributed by atoms with E-state index in [2.05, 4.69) is 25.9 Å². The molecular weight excluding hydrogens is 392 g/mol. The summed E-state index contributed by atoms with van der Waals surface area (Å²) in [6.45, 7) is 7.46. The molecule has 8 nitrogen and oxygen atoms in total. The maximum absolute atomic E-state index is 13.1. The molecule has 4 rings (SSSR count). The number of amides is 1. The fraction of sp³-hybridized carbons (Fsp3) is 0.217. The van der Waals surface area contributed by atoms with Crippen molar-refractivity contribution >= 4 is 34.0 Å². The Morgan fingerprint density at radius 1 is 1.03 bits per heavy atom. The predicted octanol–water partition coefficient (Wildman–Crippen LogP) is 4.15. The molecule has 31 heavy (non-hydrogen) atoms. The fourth-order valence-corrected chi connectivity index (χ4v) is 3.06. The number of benzene rings is 2. The van der Waals surface area contributed by atoms with Crippen LogP contribution in [0.2, 0.25) is 0 Å². The van der Waals surface area contributed by atoms with E-state index in [1.165, 1.54) is 4.68 Å². The molecule has 0 unspecified atom stereocenters. The summed E-state index contributed by atoms with van der Waals surface area (Å²) in [4.78, 5) is 25.3. The summed E-state index contributed by atoms with van der Waals surface area (Å²) in [5.74, 6) is 1.05. The van der Waals surface area contributed by atoms with Crippen LogP contribution in [0.15, 0.2) is 59.4 Å². The average molecular weight is 416 g/mol. The second-order valence-electron chi connectivity index (χ2n) is 8.42. The van der Waals surface area contributed by atoms with E-state index in [0.717, 1.165) is 5.69 Å². The molecule has 2 aromatic heterocycles. The Kier molecular flexibility index (Phi) is 5.06. The molecule has 0 saturated heterocycles. The smallest absolute Gasteiger partial charge is 0.279 e. The number of rotatable bonds is 4. The maximum Gasteiger partial charge on any atom is 0.279 e. The minimum absolute atomic E-state index is 0.0815. The lowest BCUT2D eigenvalue weighted by Crippen LogP contribution is -2.27. The number of hydrogen-bond donors (Lipinski definition) is 3. The number of aromatic amines is 1. The molecule has 4 aromatic rings. The van der Waals surface area contributed by atoms with Gasteiger partial charge in [-0.2, -0.15) is 9.78 Å². The molecule has 0 spiro atoms. The molecule has 0 aliphatic heterocycles. The molecule has 158 valence electrons. The van der Waals surface area contributed by atoms with Crippen LogP contribution in [-0.2, 0) is 4.79 Å². The number of fused-ring (bicyclic) bond motifs is 1. The number of carbonyl (C=O) groups is 1. The minimum Gasteiger partial charge on any atom is -0.326 e. The van der Waals surface area contributed by atoms with Crippen LogP contribution in [0.3, 0.4) is 0 Å². The topological polar surface area (TPSA) is 105 Å². The third-order valence-corrected chi connectivity index (χ3v) is 4.81. The molecule has 0 atom stereocenters. The van der Waals surface area contributed by atoms with Crippen molar-refractivity contribution in [3.8, 4) is 5.69 Å². The van der Waals surface area contributed by atoms with Crippen molar-refractivity contribution in [1.82, 2.24) is 20.0 Å². The first-order valence-electron chi connectivity index (χ1n) is 9.95. The number of carbonyl (C=O) groups excluding carboxylic acids is 1. The highest BCUT2D eigenvalue weighted by Crippen LogP contribution is 2.23. The molecule has 0 fully saturated rings. The lowest BCUT2D eigenvalue weighted by Gasteiger charge is -2.18. The van der Waals surface area contributed by atoms with Gasteiger partial charge in [0.05, 0.1) is 11.1 Å². The first-order chi connectivity index (χ1) is 14.7. The highest BCUT2D eigenvalue weighted by molar-refractivity contribution is 5.94. The first-order valence-corrected chi connectivity index (χ1v) is 9.95. The van der Waals surface area contributed by atoms with Gasteiger partial charge in [-0.1, -0.05) is 39.0 Å². The monoisotopic (exact) mass is 416 g/mol. The van der Waals surface area contributed by atoms with Gasteiger partial charge >= 0.3 is 0 Å². The number of nitrogens with zero attached hydrogens (tertiary/aromatic N) is 3. The normalized spacial score (nSPS) is 11.5. The van der Waals surface area contributed by atoms with Crippen LogP contribution in [-0.4, -0.2) is 25.9 Å². The van der Waals surface area contributed by atoms with Crippen molar-refractivity contribution in [2.24, 2.45) is 5.41 Å². The average Bonchev–Trinajstić information content (AvgIpc) is 3.15. The number of nitrogens with one attached hydrogen (secondary N) is 3. The summed E-state index contributed by atoms with van der Waals surface area (Å²) in [6.07, 6.45) is 0. The Bertz CT molecular complexity index is 1310. The molecular formula is C23H24N6O2. The van der Waals surface area contributed by atoms with Gasteiger partial charge in [0.25, 0.3) is 5.56 Å². The van der Waals surface area contributed by atoms with Gasteiger partial charge in [-0.05, 0) is 37.3 Å². The number of anilines is 3. The van der Waals surface area contributed by atoms with Gasteiger partial charge in [-0.3, -0.25) is 14.7 Å². The van der Waals surface area contributed by atoms with Crippen molar-refractivity contribution < 1.29 is 4.79 Å². The van der Waals surface area contributed by atoms with Crippen LogP contribution in [0.25, 0.3) is 16.5 Å². The van der Waals surface area contributed by atoms with Crippen LogP contribution in [0.5, 0.6) is 0 Å². The zero-order chi connectivity index (χ0) is 22.2. The molecule has 0 aliphatic rings. The van der Waals surface area contributed by atoms with E-state index in [1.807, 2.05) is 52.0 Å². The van der Waals surface area contributed by atoms with Gasteiger partial charge in [0, 0.05) is 28.2 Å². The molecule has 3 N–H and O–H groups in total. The predicted molar refractivity (Wildman–Crippen MR) is 122 cm³/mol. The second kappa shape index (κ2) is 7.71. The van der Waals surface area contributed by atoms with Crippen LogP contribution in [0, 0.1) is 12.3 Å². The maximum atomic E-state index is 13.1. The Hall–Kier alpha value is -3.94. The van der Waals surface area contributed by atoms with Crippen molar-refractivity contribution in [2.45, 2.75) is 27.7 Å². The van der Waals surface area contributed by atoms with E-state index in [1.54, 1.807) is 30.3 Å². The summed E-state index contributed by atoms with van der Waals surface area (Å²) in [5, 5.41) is 19.0. The Labute approximate surface area is 179 Å². The van der Waals surface area contributed by atoms with E-state index >= 15 is 0 Å². The standard InChI is InChI=1S/C23H24N6O2/c1-14-13-19(27-26-14)25-20-17-7-5-6-8-18(17)21(30)29(28-20)16-11-9-15(10-12-16)24-22(31)23(2,3)4/h5-13H,1-4H3,(H,24,31)(H2,25,26,27,28). The molecule has 1 amide bonds. The second-order valence-corrected chi connectivity index (χ2v) is 8.42. The molecule has 0 saturated carbocycles. The van der Waals surface area contributed by atoms with Gasteiger partial charge in [0.2, 0.25) is 5.91 Å². The Morgan fingerprint density at radius 2 is 1.71 bits per heavy atom. The van der Waals surface area contributed by atoms with Crippen LogP contribution < -0.4 is 16.2 Å². The summed E-state index contributed by atoms with van der Waals surface area (Å²) in [5.41, 5.74) is 1.42. The molecule has 2 aromatic carbocycles. The minimum atomic E-state index is -0.499. The van der Waals surface area contributed by atoms with E-state index < -0.39 is 5.41 Å². The quantitative estimate of drug-likeness (QED) is 0.464. The van der Waals surface area contributed by atoms with Gasteiger partial charge in [-0.25, -0.2) is 0 Å². The third kappa shape index (κ3) is 4.18. The lowest BCUT2D eigenvalue weighted by molar-refractivity contribution is -0.123. The zero-order valence-corrected chi connectivity index (χ0v) is 17.9. The Morgan fingerprint density at radius 3 is 2.32 bits per heavy atom. The van der Waals surface area contributed by atoms with E-state index in [-0.39, 0.29) is 11.5 Å². The highest BCUT2D eigenvalue weighted by Gasteiger charge is 2.21. The number of H-pyrrole nitrogens is 1. The van der Waals surface area contributed by atoms with E-state index in [0.29, 0.717) is 33.8 Å². The van der Waals surface area contributed by atoms with Gasteiger partial charge in [0.1, 0.15) is 0 Å². The van der Waals surface area contributed by atoms with Gasteiger partial charge in [-0.15, -0.1) is 5.10 Å². The lowest BCUT2D eigenvalue weighted by atomic mass is 9.95. The largest absolute Gasteiger partial charge is 0.326 e. The molecule has 2 heterocycles. The summed E-state index contributed by atoms with van der Waals surface area (Å²) < 4.78 is 1.35. The molecule has 0 aliphatic carbocycles. The van der Waals surface area contributed by atoms with E-state index in [4.69, 9.17) is 0 Å². The number of aromatic nitrogens is 4. The van der Waals surface area contributed by atoms with E-state index in [9.17, 15) is 9.59 Å². The number of hydrogen-bond acceptors (Lipinski definition) is 5. The van der Waals surface area contributed by atoms with Crippen LogP contribution in [0.1, 0.15) is 26.5 Å². The summed E-state index contributed by atoms with van der Waals surface area (Å²) >= 11 is 0. The van der Waals surface area contributed by atoms with Crippen molar-refractivity contribution in [3.05, 3.63) is 70.6 Å². The molecule has 0 bridgehead atoms. The SMILES string of the molecule is Cc1cc(Nc2nn(-c3ccc(NC(=O)C(C)(C)C)cc3)c(=O)c3ccccc23)n[nH]1. The molecule has 0 radical (unpaired) electrons. The van der Waals surface area contributed by atoms with Crippen molar-refractivity contribution in [1.29, 1.82) is 0 Å². The van der Waals surface area contributed by atoms with Gasteiger partial charge in [0.15, 0.2) is 11.6 Å². The number of aryl methyl sites for hydroxylation is 1. The van der Waals surface area contributed by atoms with Crippen molar-refractivity contribution in [2.75, 3.05) is 10.6 Å². The molecule has 8 heteroatoms. The fourth-order valence-electron chi connectivity index (χ4n) is 3.06. The first kappa shape index (κ1) is 20.3. The van der Waals surface area contributed by atoms with Crippen LogP contribution in [0.4, 0.5) is 17.3 Å². The third-order valence-electron chi connectivity index (χ3n) is 4.81. The van der Waals surface area contributed by atoms with Crippen LogP contribution >= 0.6 is 0 Å². The summed E-state index contributed by atoms with van der Waals surface area (Å²) in [6, 6.07) is 16.2. The zero-order valence-electron chi connectivity index (χ0n) is 17.9.